The third-order valence-corrected chi connectivity index (χ3v) is 5.61. The molecule has 0 atom stereocenters. The van der Waals surface area contributed by atoms with Crippen molar-refractivity contribution in [2.45, 2.75) is 50.9 Å². The lowest BCUT2D eigenvalue weighted by molar-refractivity contribution is -0.123. The van der Waals surface area contributed by atoms with E-state index in [1.165, 1.54) is 23.1 Å². The highest BCUT2D eigenvalue weighted by molar-refractivity contribution is 5.87. The van der Waals surface area contributed by atoms with Gasteiger partial charge in [-0.2, -0.15) is 5.10 Å². The first-order chi connectivity index (χ1) is 13.3. The molecule has 1 saturated carbocycles. The maximum absolute atomic E-state index is 12.0. The average Bonchev–Trinajstić information content (AvgIpc) is 3.19. The quantitative estimate of drug-likeness (QED) is 0.802. The van der Waals surface area contributed by atoms with Crippen LogP contribution >= 0.6 is 0 Å². The molecule has 27 heavy (non-hydrogen) atoms. The molecule has 0 unspecified atom stereocenters. The zero-order valence-corrected chi connectivity index (χ0v) is 15.6. The number of nitrogens with one attached hydrogen (secondary N) is 1. The van der Waals surface area contributed by atoms with Gasteiger partial charge in [-0.1, -0.05) is 36.4 Å². The van der Waals surface area contributed by atoms with Crippen LogP contribution in [0.15, 0.2) is 53.6 Å². The number of ether oxygens (including phenoxy) is 1. The number of nitrogens with zero attached hydrogens (tertiary/aromatic N) is 1. The number of fused-ring (bicyclic) bond motifs is 1. The topological polar surface area (TPSA) is 50.7 Å². The lowest BCUT2D eigenvalue weighted by atomic mass is 9.83. The minimum atomic E-state index is -0.201. The van der Waals surface area contributed by atoms with E-state index < -0.39 is 0 Å². The summed E-state index contributed by atoms with van der Waals surface area (Å²) in [6.07, 6.45) is 7.52. The van der Waals surface area contributed by atoms with Crippen molar-refractivity contribution in [3.05, 3.63) is 65.2 Å². The van der Waals surface area contributed by atoms with E-state index in [4.69, 9.17) is 4.74 Å². The van der Waals surface area contributed by atoms with Gasteiger partial charge in [0.15, 0.2) is 6.61 Å². The van der Waals surface area contributed by atoms with Gasteiger partial charge in [-0.25, -0.2) is 5.43 Å². The van der Waals surface area contributed by atoms with Gasteiger partial charge < -0.3 is 4.74 Å². The number of hydrogen-bond acceptors (Lipinski definition) is 3. The Morgan fingerprint density at radius 3 is 2.59 bits per heavy atom. The zero-order chi connectivity index (χ0) is 18.5. The Labute approximate surface area is 160 Å². The maximum Gasteiger partial charge on any atom is 0.277 e. The van der Waals surface area contributed by atoms with Crippen LogP contribution in [0.25, 0.3) is 0 Å². The summed E-state index contributed by atoms with van der Waals surface area (Å²) in [7, 11) is 0. The Morgan fingerprint density at radius 1 is 1.00 bits per heavy atom. The minimum absolute atomic E-state index is 0.00219. The van der Waals surface area contributed by atoms with E-state index >= 15 is 0 Å². The Balaban J connectivity index is 1.22. The minimum Gasteiger partial charge on any atom is -0.484 e. The highest BCUT2D eigenvalue weighted by Crippen LogP contribution is 2.31. The summed E-state index contributed by atoms with van der Waals surface area (Å²) >= 11 is 0. The number of aryl methyl sites for hydroxylation is 2. The number of hydrazone groups is 1. The molecule has 4 heteroatoms. The smallest absolute Gasteiger partial charge is 0.277 e. The Bertz CT molecular complexity index is 820. The molecule has 0 aliphatic heterocycles. The van der Waals surface area contributed by atoms with Crippen LogP contribution in [-0.4, -0.2) is 18.2 Å². The molecular weight excluding hydrogens is 336 g/mol. The number of amides is 1. The van der Waals surface area contributed by atoms with Crippen LogP contribution in [0.2, 0.25) is 0 Å². The third kappa shape index (κ3) is 4.57. The van der Waals surface area contributed by atoms with Crippen molar-refractivity contribution in [3.8, 4) is 5.75 Å². The molecule has 0 radical (unpaired) electrons. The lowest BCUT2D eigenvalue weighted by Gasteiger charge is -2.23. The number of hydrogen-bond donors (Lipinski definition) is 1. The highest BCUT2D eigenvalue weighted by atomic mass is 16.5. The van der Waals surface area contributed by atoms with E-state index in [0.29, 0.717) is 5.92 Å². The van der Waals surface area contributed by atoms with E-state index in [1.807, 2.05) is 6.07 Å². The summed E-state index contributed by atoms with van der Waals surface area (Å²) in [5, 5.41) is 4.32. The number of carbonyl (C=O) groups excluding carboxylic acids is 1. The standard InChI is InChI=1S/C23H26N2O2/c26-23(16-27-22-14-11-18-7-4-8-20(18)15-22)25-24-21-12-9-19(10-13-21)17-5-2-1-3-6-17/h1-3,5-6,11,14-15,19H,4,7-10,12-13,16H2,(H,25,26). The van der Waals surface area contributed by atoms with Crippen LogP contribution in [0.1, 0.15) is 54.7 Å². The largest absolute Gasteiger partial charge is 0.484 e. The number of benzene rings is 2. The summed E-state index contributed by atoms with van der Waals surface area (Å²) in [5.41, 5.74) is 7.89. The van der Waals surface area contributed by atoms with Gasteiger partial charge >= 0.3 is 0 Å². The van der Waals surface area contributed by atoms with Crippen molar-refractivity contribution in [1.82, 2.24) is 5.43 Å². The molecule has 1 fully saturated rings. The lowest BCUT2D eigenvalue weighted by Crippen LogP contribution is -2.26. The summed E-state index contributed by atoms with van der Waals surface area (Å²) in [6.45, 7) is 0.00219. The van der Waals surface area contributed by atoms with Gasteiger partial charge in [0.1, 0.15) is 5.75 Å². The molecule has 140 valence electrons. The van der Waals surface area contributed by atoms with Crippen molar-refractivity contribution in [3.63, 3.8) is 0 Å². The molecule has 2 aromatic carbocycles. The Morgan fingerprint density at radius 2 is 1.78 bits per heavy atom. The molecule has 0 heterocycles. The van der Waals surface area contributed by atoms with E-state index in [9.17, 15) is 4.79 Å². The van der Waals surface area contributed by atoms with Crippen LogP contribution in [0, 0.1) is 0 Å². The van der Waals surface area contributed by atoms with Gasteiger partial charge in [-0.15, -0.1) is 0 Å². The molecule has 0 bridgehead atoms. The Hall–Kier alpha value is -2.62. The fraction of sp³-hybridized carbons (Fsp3) is 0.391. The summed E-state index contributed by atoms with van der Waals surface area (Å²) in [6, 6.07) is 16.8. The first-order valence-corrected chi connectivity index (χ1v) is 9.92. The van der Waals surface area contributed by atoms with Crippen molar-refractivity contribution in [1.29, 1.82) is 0 Å². The van der Waals surface area contributed by atoms with Gasteiger partial charge in [0, 0.05) is 5.71 Å². The molecule has 1 amide bonds. The van der Waals surface area contributed by atoms with Crippen molar-refractivity contribution in [2.75, 3.05) is 6.61 Å². The van der Waals surface area contributed by atoms with Crippen molar-refractivity contribution >= 4 is 11.6 Å². The van der Waals surface area contributed by atoms with Crippen molar-refractivity contribution in [2.24, 2.45) is 5.10 Å². The first kappa shape index (κ1) is 17.8. The molecule has 0 aromatic heterocycles. The molecule has 4 nitrogen and oxygen atoms in total. The molecular formula is C23H26N2O2. The second-order valence-electron chi connectivity index (χ2n) is 7.47. The van der Waals surface area contributed by atoms with E-state index in [0.717, 1.165) is 50.0 Å². The van der Waals surface area contributed by atoms with Crippen LogP contribution in [-0.2, 0) is 17.6 Å². The first-order valence-electron chi connectivity index (χ1n) is 9.92. The molecule has 1 N–H and O–H groups in total. The molecule has 0 spiro atoms. The highest BCUT2D eigenvalue weighted by Gasteiger charge is 2.19. The van der Waals surface area contributed by atoms with Crippen LogP contribution in [0.3, 0.4) is 0 Å². The second-order valence-corrected chi connectivity index (χ2v) is 7.47. The molecule has 4 rings (SSSR count). The SMILES string of the molecule is O=C(COc1ccc2c(c1)CCC2)NN=C1CCC(c2ccccc2)CC1. The maximum atomic E-state index is 12.0. The predicted molar refractivity (Wildman–Crippen MR) is 107 cm³/mol. The molecule has 2 aromatic rings. The number of carbonyl (C=O) groups is 1. The van der Waals surface area contributed by atoms with Gasteiger partial charge in [0.2, 0.25) is 0 Å². The van der Waals surface area contributed by atoms with E-state index in [2.05, 4.69) is 53.0 Å². The second kappa shape index (κ2) is 8.38. The summed E-state index contributed by atoms with van der Waals surface area (Å²) in [4.78, 5) is 12.0. The number of rotatable bonds is 5. The fourth-order valence-corrected chi connectivity index (χ4v) is 4.08. The van der Waals surface area contributed by atoms with Gasteiger partial charge in [0.25, 0.3) is 5.91 Å². The fourth-order valence-electron chi connectivity index (χ4n) is 4.08. The normalized spacial score (nSPS) is 18.7. The van der Waals surface area contributed by atoms with Gasteiger partial charge in [0.05, 0.1) is 0 Å². The monoisotopic (exact) mass is 362 g/mol. The van der Waals surface area contributed by atoms with Gasteiger partial charge in [-0.05, 0) is 79.7 Å². The van der Waals surface area contributed by atoms with Crippen LogP contribution in [0.5, 0.6) is 5.75 Å². The summed E-state index contributed by atoms with van der Waals surface area (Å²) < 4.78 is 5.63. The van der Waals surface area contributed by atoms with Crippen molar-refractivity contribution < 1.29 is 9.53 Å². The molecule has 2 aliphatic rings. The average molecular weight is 362 g/mol. The third-order valence-electron chi connectivity index (χ3n) is 5.61. The van der Waals surface area contributed by atoms with E-state index in [1.54, 1.807) is 0 Å². The Kier molecular flexibility index (Phi) is 5.52. The molecule has 2 aliphatic carbocycles. The predicted octanol–water partition coefficient (Wildman–Crippen LogP) is 4.38. The van der Waals surface area contributed by atoms with Crippen LogP contribution in [0.4, 0.5) is 0 Å². The zero-order valence-electron chi connectivity index (χ0n) is 15.6. The van der Waals surface area contributed by atoms with Crippen LogP contribution < -0.4 is 10.2 Å². The molecule has 0 saturated heterocycles. The van der Waals surface area contributed by atoms with E-state index in [-0.39, 0.29) is 12.5 Å². The van der Waals surface area contributed by atoms with Gasteiger partial charge in [-0.3, -0.25) is 4.79 Å². The summed E-state index contributed by atoms with van der Waals surface area (Å²) in [5.74, 6) is 1.17.